The highest BCUT2D eigenvalue weighted by Gasteiger charge is 2.19. The first-order chi connectivity index (χ1) is 16.0. The highest BCUT2D eigenvalue weighted by atomic mass is 32.1. The smallest absolute Gasteiger partial charge is 0.262 e. The molecule has 1 fully saturated rings. The van der Waals surface area contributed by atoms with Gasteiger partial charge in [0, 0.05) is 22.7 Å². The Kier molecular flexibility index (Phi) is 5.80. The molecule has 0 atom stereocenters. The molecule has 1 amide bonds. The summed E-state index contributed by atoms with van der Waals surface area (Å²) in [6, 6.07) is 8.84. The summed E-state index contributed by atoms with van der Waals surface area (Å²) in [5, 5.41) is 9.61. The van der Waals surface area contributed by atoms with E-state index in [2.05, 4.69) is 17.2 Å². The van der Waals surface area contributed by atoms with Crippen molar-refractivity contribution in [2.45, 2.75) is 32.6 Å². The van der Waals surface area contributed by atoms with E-state index in [0.717, 1.165) is 48.7 Å². The summed E-state index contributed by atoms with van der Waals surface area (Å²) < 4.78 is 34.8. The lowest BCUT2D eigenvalue weighted by molar-refractivity contribution is -0.118. The Bertz CT molecular complexity index is 1320. The molecule has 0 saturated heterocycles. The third kappa shape index (κ3) is 4.59. The molecule has 6 nitrogen and oxygen atoms in total. The van der Waals surface area contributed by atoms with Crippen LogP contribution in [-0.2, 0) is 4.79 Å². The van der Waals surface area contributed by atoms with Crippen LogP contribution in [0.5, 0.6) is 5.75 Å². The lowest BCUT2D eigenvalue weighted by Crippen LogP contribution is -2.25. The van der Waals surface area contributed by atoms with Crippen molar-refractivity contribution in [3.8, 4) is 17.0 Å². The van der Waals surface area contributed by atoms with E-state index in [1.165, 1.54) is 23.5 Å². The van der Waals surface area contributed by atoms with Crippen LogP contribution < -0.4 is 14.9 Å². The van der Waals surface area contributed by atoms with Gasteiger partial charge in [0.05, 0.1) is 11.4 Å². The molecule has 1 aliphatic heterocycles. The van der Waals surface area contributed by atoms with Gasteiger partial charge in [0.25, 0.3) is 5.91 Å². The van der Waals surface area contributed by atoms with E-state index in [1.807, 2.05) is 17.5 Å². The molecule has 1 N–H and O–H groups in total. The van der Waals surface area contributed by atoms with Gasteiger partial charge in [-0.1, -0.05) is 6.92 Å². The fourth-order valence-electron chi connectivity index (χ4n) is 3.93. The Labute approximate surface area is 193 Å². The number of thiazole rings is 1. The first-order valence-corrected chi connectivity index (χ1v) is 11.7. The second-order valence-electron chi connectivity index (χ2n) is 8.32. The van der Waals surface area contributed by atoms with E-state index >= 15 is 0 Å². The van der Waals surface area contributed by atoms with E-state index in [-0.39, 0.29) is 18.2 Å². The van der Waals surface area contributed by atoms with E-state index in [9.17, 15) is 13.6 Å². The molecule has 0 bridgehead atoms. The van der Waals surface area contributed by atoms with Gasteiger partial charge in [0.1, 0.15) is 17.3 Å². The standard InChI is InChI=1S/C24H22F2N4O2S/c1-14-2-6-17(7-3-14)29-30-21(15-4-9-22-20(10-15)27-23(31)12-32-22)13-33-24(30)28-19-8-5-16(25)11-18(19)26/h4-5,8-11,13-14H,2-3,6-7,12H2,1H3,(H,27,31). The van der Waals surface area contributed by atoms with Crippen LogP contribution in [0.1, 0.15) is 32.6 Å². The Hall–Kier alpha value is -3.33. The van der Waals surface area contributed by atoms with Gasteiger partial charge in [-0.15, -0.1) is 11.3 Å². The van der Waals surface area contributed by atoms with Gasteiger partial charge in [0.15, 0.2) is 12.4 Å². The summed E-state index contributed by atoms with van der Waals surface area (Å²) >= 11 is 1.32. The largest absolute Gasteiger partial charge is 0.482 e. The number of hydrogen-bond acceptors (Lipinski definition) is 5. The monoisotopic (exact) mass is 468 g/mol. The van der Waals surface area contributed by atoms with Gasteiger partial charge in [-0.05, 0) is 61.9 Å². The molecule has 2 aromatic carbocycles. The van der Waals surface area contributed by atoms with Gasteiger partial charge >= 0.3 is 0 Å². The van der Waals surface area contributed by atoms with E-state index in [4.69, 9.17) is 9.84 Å². The van der Waals surface area contributed by atoms with Crippen molar-refractivity contribution in [2.24, 2.45) is 16.0 Å². The SMILES string of the molecule is CC1CCC(=Nn2c(-c3ccc4c(c3)NC(=O)CO4)csc2=Nc2ccc(F)cc2F)CC1. The molecule has 0 radical (unpaired) electrons. The highest BCUT2D eigenvalue weighted by Crippen LogP contribution is 2.33. The number of benzene rings is 2. The van der Waals surface area contributed by atoms with Gasteiger partial charge < -0.3 is 10.1 Å². The molecule has 33 heavy (non-hydrogen) atoms. The van der Waals surface area contributed by atoms with Gasteiger partial charge in [-0.2, -0.15) is 5.10 Å². The Balaban J connectivity index is 1.63. The molecule has 2 aliphatic rings. The maximum atomic E-state index is 14.3. The van der Waals surface area contributed by atoms with Gasteiger partial charge in [-0.25, -0.2) is 18.4 Å². The van der Waals surface area contributed by atoms with Crippen molar-refractivity contribution in [1.29, 1.82) is 0 Å². The molecule has 1 aromatic heterocycles. The third-order valence-corrected chi connectivity index (χ3v) is 6.63. The topological polar surface area (TPSA) is 68.0 Å². The molecule has 2 heterocycles. The highest BCUT2D eigenvalue weighted by molar-refractivity contribution is 7.07. The average molecular weight is 469 g/mol. The minimum atomic E-state index is -0.732. The van der Waals surface area contributed by atoms with Crippen LogP contribution in [0.3, 0.4) is 0 Å². The normalized spacial score (nSPS) is 18.5. The van der Waals surface area contributed by atoms with Crippen molar-refractivity contribution in [2.75, 3.05) is 11.9 Å². The van der Waals surface area contributed by atoms with Crippen LogP contribution in [0, 0.1) is 17.6 Å². The number of hydrogen-bond donors (Lipinski definition) is 1. The number of carbonyl (C=O) groups excluding carboxylic acids is 1. The molecule has 1 aliphatic carbocycles. The minimum absolute atomic E-state index is 0.0108. The minimum Gasteiger partial charge on any atom is -0.482 e. The van der Waals surface area contributed by atoms with Crippen LogP contribution in [-0.4, -0.2) is 22.9 Å². The van der Waals surface area contributed by atoms with Crippen molar-refractivity contribution in [3.05, 3.63) is 58.2 Å². The lowest BCUT2D eigenvalue weighted by atomic mass is 9.90. The number of fused-ring (bicyclic) bond motifs is 1. The Morgan fingerprint density at radius 2 is 1.97 bits per heavy atom. The summed E-state index contributed by atoms with van der Waals surface area (Å²) in [7, 11) is 0. The number of amides is 1. The molecule has 170 valence electrons. The number of rotatable bonds is 3. The van der Waals surface area contributed by atoms with Crippen LogP contribution in [0.25, 0.3) is 11.3 Å². The lowest BCUT2D eigenvalue weighted by Gasteiger charge is -2.20. The molecule has 5 rings (SSSR count). The number of nitrogens with zero attached hydrogens (tertiary/aromatic N) is 3. The molecule has 3 aromatic rings. The molecular weight excluding hydrogens is 446 g/mol. The van der Waals surface area contributed by atoms with Crippen LogP contribution in [0.4, 0.5) is 20.2 Å². The summed E-state index contributed by atoms with van der Waals surface area (Å²) in [6.07, 6.45) is 3.92. The molecule has 0 spiro atoms. The zero-order chi connectivity index (χ0) is 22.9. The summed E-state index contributed by atoms with van der Waals surface area (Å²) in [6.45, 7) is 2.23. The Morgan fingerprint density at radius 1 is 1.15 bits per heavy atom. The average Bonchev–Trinajstić information content (AvgIpc) is 3.18. The molecule has 0 unspecified atom stereocenters. The number of halogens is 2. The first kappa shape index (κ1) is 21.5. The van der Waals surface area contributed by atoms with Gasteiger partial charge in [0.2, 0.25) is 4.80 Å². The fourth-order valence-corrected chi connectivity index (χ4v) is 4.77. The maximum Gasteiger partial charge on any atom is 0.262 e. The molecule has 1 saturated carbocycles. The van der Waals surface area contributed by atoms with Crippen molar-refractivity contribution >= 4 is 34.3 Å². The Morgan fingerprint density at radius 3 is 2.76 bits per heavy atom. The first-order valence-electron chi connectivity index (χ1n) is 10.8. The fraction of sp³-hybridized carbons (Fsp3) is 0.292. The number of ether oxygens (including phenoxy) is 1. The molecule has 9 heteroatoms. The predicted octanol–water partition coefficient (Wildman–Crippen LogP) is 5.47. The van der Waals surface area contributed by atoms with E-state index in [1.54, 1.807) is 10.7 Å². The number of aromatic nitrogens is 1. The van der Waals surface area contributed by atoms with E-state index in [0.29, 0.717) is 22.2 Å². The summed E-state index contributed by atoms with van der Waals surface area (Å²) in [4.78, 5) is 16.7. The van der Waals surface area contributed by atoms with Crippen molar-refractivity contribution < 1.29 is 18.3 Å². The number of anilines is 1. The van der Waals surface area contributed by atoms with Crippen LogP contribution in [0.15, 0.2) is 51.9 Å². The molecular formula is C24H22F2N4O2S. The number of carbonyl (C=O) groups is 1. The van der Waals surface area contributed by atoms with Crippen molar-refractivity contribution in [1.82, 2.24) is 4.68 Å². The second-order valence-corrected chi connectivity index (χ2v) is 9.16. The third-order valence-electron chi connectivity index (χ3n) is 5.81. The zero-order valence-electron chi connectivity index (χ0n) is 18.0. The van der Waals surface area contributed by atoms with Gasteiger partial charge in [-0.3, -0.25) is 4.79 Å². The number of nitrogens with one attached hydrogen (secondary N) is 1. The van der Waals surface area contributed by atoms with E-state index < -0.39 is 11.6 Å². The summed E-state index contributed by atoms with van der Waals surface area (Å²) in [5.41, 5.74) is 3.26. The quantitative estimate of drug-likeness (QED) is 0.554. The van der Waals surface area contributed by atoms with Crippen LogP contribution in [0.2, 0.25) is 0 Å². The zero-order valence-corrected chi connectivity index (χ0v) is 18.8. The second kappa shape index (κ2) is 8.90. The predicted molar refractivity (Wildman–Crippen MR) is 124 cm³/mol. The summed E-state index contributed by atoms with van der Waals surface area (Å²) in [5.74, 6) is -0.328. The maximum absolute atomic E-state index is 14.3. The van der Waals surface area contributed by atoms with Crippen molar-refractivity contribution in [3.63, 3.8) is 0 Å². The van der Waals surface area contributed by atoms with Crippen LogP contribution >= 0.6 is 11.3 Å².